The fraction of sp³-hybridized carbons (Fsp3) is 0.548. The van der Waals surface area contributed by atoms with Gasteiger partial charge < -0.3 is 20.7 Å². The van der Waals surface area contributed by atoms with Crippen molar-refractivity contribution in [3.05, 3.63) is 70.8 Å². The Labute approximate surface area is 227 Å². The number of likely N-dealkylation sites (tertiary alicyclic amines) is 1. The van der Waals surface area contributed by atoms with Crippen LogP contribution in [0, 0.1) is 13.8 Å². The fourth-order valence-corrected chi connectivity index (χ4v) is 5.72. The Balaban J connectivity index is 1.54. The van der Waals surface area contributed by atoms with Crippen molar-refractivity contribution in [2.75, 3.05) is 26.8 Å². The Bertz CT molecular complexity index is 1050. The van der Waals surface area contributed by atoms with Crippen LogP contribution in [-0.4, -0.2) is 72.6 Å². The number of benzene rings is 2. The lowest BCUT2D eigenvalue weighted by atomic mass is 9.90. The van der Waals surface area contributed by atoms with Crippen molar-refractivity contribution in [1.82, 2.24) is 15.1 Å². The first-order valence-corrected chi connectivity index (χ1v) is 14.1. The zero-order valence-electron chi connectivity index (χ0n) is 23.2. The van der Waals surface area contributed by atoms with E-state index in [1.165, 1.54) is 11.1 Å². The molecule has 1 aliphatic heterocycles. The lowest BCUT2D eigenvalue weighted by Crippen LogP contribution is -2.58. The summed E-state index contributed by atoms with van der Waals surface area (Å²) in [6.45, 7) is 6.83. The first kappa shape index (κ1) is 28.3. The molecule has 1 unspecified atom stereocenters. The molecule has 2 aromatic carbocycles. The fourth-order valence-electron chi connectivity index (χ4n) is 5.72. The molecule has 1 heterocycles. The van der Waals surface area contributed by atoms with E-state index in [2.05, 4.69) is 41.4 Å². The Morgan fingerprint density at radius 3 is 2.24 bits per heavy atom. The second-order valence-electron chi connectivity index (χ2n) is 11.1. The third-order valence-corrected chi connectivity index (χ3v) is 8.16. The largest absolute Gasteiger partial charge is 0.383 e. The Hall–Kier alpha value is -2.74. The number of hydrogen-bond acceptors (Lipinski definition) is 5. The molecule has 38 heavy (non-hydrogen) atoms. The van der Waals surface area contributed by atoms with E-state index in [0.29, 0.717) is 25.1 Å². The van der Waals surface area contributed by atoms with E-state index in [-0.39, 0.29) is 29.9 Å². The van der Waals surface area contributed by atoms with E-state index < -0.39 is 6.04 Å². The number of carbonyl (C=O) groups excluding carboxylic acids is 2. The van der Waals surface area contributed by atoms with Crippen LogP contribution in [0.15, 0.2) is 48.5 Å². The summed E-state index contributed by atoms with van der Waals surface area (Å²) in [6.07, 6.45) is 5.04. The highest BCUT2D eigenvalue weighted by atomic mass is 16.5. The second kappa shape index (κ2) is 13.4. The molecule has 0 radical (unpaired) electrons. The van der Waals surface area contributed by atoms with Crippen LogP contribution in [0.1, 0.15) is 65.6 Å². The molecule has 206 valence electrons. The summed E-state index contributed by atoms with van der Waals surface area (Å²) in [5.41, 5.74) is 10.3. The molecule has 2 atom stereocenters. The molecule has 2 aromatic rings. The summed E-state index contributed by atoms with van der Waals surface area (Å²) in [5.74, 6) is -0.117. The lowest BCUT2D eigenvalue weighted by molar-refractivity contribution is -0.128. The van der Waals surface area contributed by atoms with Crippen LogP contribution in [0.3, 0.4) is 0 Å². The first-order valence-electron chi connectivity index (χ1n) is 14.1. The van der Waals surface area contributed by atoms with Gasteiger partial charge in [0.25, 0.3) is 5.91 Å². The van der Waals surface area contributed by atoms with E-state index in [1.807, 2.05) is 31.2 Å². The topological polar surface area (TPSA) is 87.9 Å². The maximum Gasteiger partial charge on any atom is 0.254 e. The van der Waals surface area contributed by atoms with E-state index in [1.54, 1.807) is 12.0 Å². The molecule has 7 nitrogen and oxygen atoms in total. The normalized spacial score (nSPS) is 23.9. The number of aryl methyl sites for hydroxylation is 2. The Morgan fingerprint density at radius 2 is 1.61 bits per heavy atom. The summed E-state index contributed by atoms with van der Waals surface area (Å²) in [7, 11) is 1.72. The van der Waals surface area contributed by atoms with Crippen LogP contribution < -0.4 is 11.1 Å². The smallest absolute Gasteiger partial charge is 0.254 e. The minimum Gasteiger partial charge on any atom is -0.383 e. The van der Waals surface area contributed by atoms with E-state index >= 15 is 0 Å². The van der Waals surface area contributed by atoms with Gasteiger partial charge in [0, 0.05) is 50.4 Å². The van der Waals surface area contributed by atoms with Gasteiger partial charge in [0.15, 0.2) is 0 Å². The van der Waals surface area contributed by atoms with Crippen LogP contribution >= 0.6 is 0 Å². The molecule has 7 heteroatoms. The van der Waals surface area contributed by atoms with Gasteiger partial charge in [0.2, 0.25) is 5.91 Å². The highest BCUT2D eigenvalue weighted by Gasteiger charge is 2.39. The van der Waals surface area contributed by atoms with Gasteiger partial charge >= 0.3 is 0 Å². The minimum atomic E-state index is -0.513. The van der Waals surface area contributed by atoms with Crippen molar-refractivity contribution in [3.8, 4) is 0 Å². The molecule has 2 aliphatic rings. The van der Waals surface area contributed by atoms with Crippen molar-refractivity contribution in [1.29, 1.82) is 0 Å². The summed E-state index contributed by atoms with van der Waals surface area (Å²) in [4.78, 5) is 31.6. The number of nitrogens with zero attached hydrogens (tertiary/aromatic N) is 2. The van der Waals surface area contributed by atoms with Gasteiger partial charge in [-0.15, -0.1) is 0 Å². The molecule has 0 spiro atoms. The van der Waals surface area contributed by atoms with Crippen molar-refractivity contribution in [2.45, 2.75) is 83.1 Å². The Morgan fingerprint density at radius 1 is 0.974 bits per heavy atom. The minimum absolute atomic E-state index is 0.0438. The van der Waals surface area contributed by atoms with Gasteiger partial charge in [-0.2, -0.15) is 0 Å². The molecule has 3 N–H and O–H groups in total. The molecule has 4 rings (SSSR count). The van der Waals surface area contributed by atoms with Crippen LogP contribution in [0.2, 0.25) is 0 Å². The average molecular weight is 521 g/mol. The molecule has 2 fully saturated rings. The number of carbonyl (C=O) groups is 2. The Kier molecular flexibility index (Phi) is 9.94. The second-order valence-corrected chi connectivity index (χ2v) is 11.1. The third-order valence-electron chi connectivity index (χ3n) is 8.16. The van der Waals surface area contributed by atoms with Gasteiger partial charge in [-0.3, -0.25) is 14.5 Å². The molecule has 1 aliphatic carbocycles. The van der Waals surface area contributed by atoms with Gasteiger partial charge in [-0.05, 0) is 70.1 Å². The standard InChI is InChI=1S/C31H44N4O3/c1-22-4-8-24(9-5-22)21-34(18-19-38-3)28-16-17-35(31(37)25-10-6-23(2)7-11-25)29(20-28)30(36)33-27-14-12-26(32)13-15-27/h4-11,26-29H,12-21,32H2,1-3H3,(H,33,36)/t26?,27?,28?,29-/m1/s1. The summed E-state index contributed by atoms with van der Waals surface area (Å²) >= 11 is 0. The molecule has 2 amide bonds. The molecule has 0 aromatic heterocycles. The van der Waals surface area contributed by atoms with Crippen molar-refractivity contribution in [3.63, 3.8) is 0 Å². The van der Waals surface area contributed by atoms with E-state index in [0.717, 1.165) is 50.8 Å². The number of nitrogens with one attached hydrogen (secondary N) is 1. The summed E-state index contributed by atoms with van der Waals surface area (Å²) in [5, 5.41) is 3.28. The van der Waals surface area contributed by atoms with Crippen LogP contribution in [0.25, 0.3) is 0 Å². The van der Waals surface area contributed by atoms with Gasteiger partial charge in [-0.1, -0.05) is 47.5 Å². The highest BCUT2D eigenvalue weighted by molar-refractivity contribution is 5.97. The number of piperidine rings is 1. The number of methoxy groups -OCH3 is 1. The van der Waals surface area contributed by atoms with E-state index in [4.69, 9.17) is 10.5 Å². The van der Waals surface area contributed by atoms with Crippen LogP contribution in [0.4, 0.5) is 0 Å². The summed E-state index contributed by atoms with van der Waals surface area (Å²) in [6, 6.07) is 16.2. The lowest BCUT2D eigenvalue weighted by Gasteiger charge is -2.43. The molecule has 0 bridgehead atoms. The zero-order valence-corrected chi connectivity index (χ0v) is 23.2. The highest BCUT2D eigenvalue weighted by Crippen LogP contribution is 2.27. The number of nitrogens with two attached hydrogens (primary N) is 1. The van der Waals surface area contributed by atoms with Gasteiger partial charge in [0.05, 0.1) is 6.61 Å². The first-order chi connectivity index (χ1) is 18.3. The van der Waals surface area contributed by atoms with Crippen molar-refractivity contribution < 1.29 is 14.3 Å². The van der Waals surface area contributed by atoms with Crippen LogP contribution in [0.5, 0.6) is 0 Å². The molecular formula is C31H44N4O3. The predicted molar refractivity (Wildman–Crippen MR) is 151 cm³/mol. The molecule has 1 saturated heterocycles. The zero-order chi connectivity index (χ0) is 27.1. The quantitative estimate of drug-likeness (QED) is 0.525. The number of ether oxygens (including phenoxy) is 1. The van der Waals surface area contributed by atoms with Crippen molar-refractivity contribution >= 4 is 11.8 Å². The number of amides is 2. The SMILES string of the molecule is COCCN(Cc1ccc(C)cc1)C1CCN(C(=O)c2ccc(C)cc2)[C@@H](C(=O)NC2CCC(N)CC2)C1. The van der Waals surface area contributed by atoms with Crippen LogP contribution in [-0.2, 0) is 16.1 Å². The van der Waals surface area contributed by atoms with Gasteiger partial charge in [-0.25, -0.2) is 0 Å². The monoisotopic (exact) mass is 520 g/mol. The van der Waals surface area contributed by atoms with E-state index in [9.17, 15) is 9.59 Å². The summed E-state index contributed by atoms with van der Waals surface area (Å²) < 4.78 is 5.43. The predicted octanol–water partition coefficient (Wildman–Crippen LogP) is 3.81. The maximum absolute atomic E-state index is 13.7. The van der Waals surface area contributed by atoms with Gasteiger partial charge in [0.1, 0.15) is 6.04 Å². The molecular weight excluding hydrogens is 476 g/mol. The van der Waals surface area contributed by atoms with Crippen molar-refractivity contribution in [2.24, 2.45) is 5.73 Å². The third kappa shape index (κ3) is 7.43. The number of hydrogen-bond donors (Lipinski definition) is 2. The average Bonchev–Trinajstić information content (AvgIpc) is 2.93. The molecule has 1 saturated carbocycles. The number of rotatable bonds is 9. The maximum atomic E-state index is 13.7.